The zero-order valence-corrected chi connectivity index (χ0v) is 17.3. The van der Waals surface area contributed by atoms with E-state index in [2.05, 4.69) is 26.9 Å². The molecule has 150 valence electrons. The van der Waals surface area contributed by atoms with Crippen LogP contribution in [0, 0.1) is 31.0 Å². The number of carbonyl (C=O) groups is 1. The zero-order chi connectivity index (χ0) is 21.1. The first-order valence-corrected chi connectivity index (χ1v) is 9.90. The molecule has 0 bridgehead atoms. The van der Waals surface area contributed by atoms with Crippen molar-refractivity contribution in [3.05, 3.63) is 46.9 Å². The molecule has 0 aliphatic rings. The number of rotatable bonds is 6. The molecule has 0 fully saturated rings. The van der Waals surface area contributed by atoms with Gasteiger partial charge in [-0.3, -0.25) is 9.36 Å². The average molecular weight is 413 g/mol. The normalized spacial score (nSPS) is 10.9. The van der Waals surface area contributed by atoms with E-state index in [4.69, 9.17) is 0 Å². The van der Waals surface area contributed by atoms with Gasteiger partial charge in [-0.15, -0.1) is 5.10 Å². The van der Waals surface area contributed by atoms with Gasteiger partial charge in [-0.25, -0.2) is 9.07 Å². The van der Waals surface area contributed by atoms with Crippen LogP contribution >= 0.6 is 11.8 Å². The summed E-state index contributed by atoms with van der Waals surface area (Å²) in [6.07, 6.45) is 0. The fourth-order valence-corrected chi connectivity index (χ4v) is 3.71. The number of nitrogens with one attached hydrogen (secondary N) is 1. The summed E-state index contributed by atoms with van der Waals surface area (Å²) in [6.45, 7) is 7.50. The molecule has 3 rings (SSSR count). The number of anilines is 1. The minimum absolute atomic E-state index is 0.0599. The highest BCUT2D eigenvalue weighted by Gasteiger charge is 2.21. The SMILES string of the molecule is Cc1c(C#N)c(NC(=O)CSc2nnnn2C(C)C)n(-c2cccc(F)c2)c1C. The number of aromatic nitrogens is 5. The summed E-state index contributed by atoms with van der Waals surface area (Å²) in [4.78, 5) is 12.6. The van der Waals surface area contributed by atoms with Gasteiger partial charge in [-0.2, -0.15) is 5.26 Å². The van der Waals surface area contributed by atoms with Gasteiger partial charge >= 0.3 is 0 Å². The summed E-state index contributed by atoms with van der Waals surface area (Å²) >= 11 is 1.20. The number of benzene rings is 1. The molecule has 0 aliphatic carbocycles. The van der Waals surface area contributed by atoms with Gasteiger partial charge in [0.15, 0.2) is 0 Å². The Morgan fingerprint density at radius 2 is 2.14 bits per heavy atom. The lowest BCUT2D eigenvalue weighted by Crippen LogP contribution is -2.18. The molecule has 2 aromatic heterocycles. The minimum Gasteiger partial charge on any atom is -0.310 e. The van der Waals surface area contributed by atoms with E-state index in [-0.39, 0.29) is 17.7 Å². The molecule has 2 heterocycles. The van der Waals surface area contributed by atoms with Crippen molar-refractivity contribution in [2.45, 2.75) is 38.9 Å². The van der Waals surface area contributed by atoms with Gasteiger partial charge in [0.25, 0.3) is 0 Å². The van der Waals surface area contributed by atoms with Crippen molar-refractivity contribution in [1.82, 2.24) is 24.8 Å². The summed E-state index contributed by atoms with van der Waals surface area (Å²) in [5.74, 6) is -0.341. The van der Waals surface area contributed by atoms with Crippen molar-refractivity contribution in [1.29, 1.82) is 5.26 Å². The highest BCUT2D eigenvalue weighted by molar-refractivity contribution is 7.99. The van der Waals surface area contributed by atoms with Gasteiger partial charge in [0.2, 0.25) is 11.1 Å². The Hall–Kier alpha value is -3.19. The number of hydrogen-bond donors (Lipinski definition) is 1. The second-order valence-corrected chi connectivity index (χ2v) is 7.64. The third-order valence-electron chi connectivity index (χ3n) is 4.43. The summed E-state index contributed by atoms with van der Waals surface area (Å²) in [7, 11) is 0. The van der Waals surface area contributed by atoms with E-state index in [0.29, 0.717) is 22.2 Å². The Morgan fingerprint density at radius 1 is 1.38 bits per heavy atom. The Kier molecular flexibility index (Phi) is 5.98. The Morgan fingerprint density at radius 3 is 2.79 bits per heavy atom. The zero-order valence-electron chi connectivity index (χ0n) is 16.5. The number of nitriles is 1. The van der Waals surface area contributed by atoms with Crippen LogP contribution in [0.2, 0.25) is 0 Å². The molecule has 0 aliphatic heterocycles. The minimum atomic E-state index is -0.403. The largest absolute Gasteiger partial charge is 0.310 e. The molecule has 3 aromatic rings. The predicted octanol–water partition coefficient (Wildman–Crippen LogP) is 3.40. The molecule has 29 heavy (non-hydrogen) atoms. The van der Waals surface area contributed by atoms with Crippen LogP contribution in [0.15, 0.2) is 29.4 Å². The highest BCUT2D eigenvalue weighted by atomic mass is 32.2. The van der Waals surface area contributed by atoms with Crippen LogP contribution in [0.4, 0.5) is 10.2 Å². The first-order chi connectivity index (χ1) is 13.8. The third kappa shape index (κ3) is 4.14. The fourth-order valence-electron chi connectivity index (χ4n) is 2.90. The Labute approximate surface area is 171 Å². The van der Waals surface area contributed by atoms with Gasteiger partial charge in [-0.1, -0.05) is 17.8 Å². The third-order valence-corrected chi connectivity index (χ3v) is 5.37. The number of nitrogens with zero attached hydrogens (tertiary/aromatic N) is 6. The monoisotopic (exact) mass is 413 g/mol. The van der Waals surface area contributed by atoms with Gasteiger partial charge in [0.05, 0.1) is 23.0 Å². The van der Waals surface area contributed by atoms with E-state index >= 15 is 0 Å². The molecular formula is C19H20FN7OS. The van der Waals surface area contributed by atoms with Crippen molar-refractivity contribution < 1.29 is 9.18 Å². The van der Waals surface area contributed by atoms with E-state index in [9.17, 15) is 14.4 Å². The number of tetrazole rings is 1. The molecule has 0 unspecified atom stereocenters. The van der Waals surface area contributed by atoms with Gasteiger partial charge < -0.3 is 5.32 Å². The van der Waals surface area contributed by atoms with Crippen molar-refractivity contribution in [2.75, 3.05) is 11.1 Å². The summed E-state index contributed by atoms with van der Waals surface area (Å²) in [5, 5.41) is 24.4. The summed E-state index contributed by atoms with van der Waals surface area (Å²) in [5.41, 5.74) is 2.35. The smallest absolute Gasteiger partial charge is 0.236 e. The highest BCUT2D eigenvalue weighted by Crippen LogP contribution is 2.30. The predicted molar refractivity (Wildman–Crippen MR) is 107 cm³/mol. The number of amides is 1. The molecule has 0 radical (unpaired) electrons. The van der Waals surface area contributed by atoms with E-state index < -0.39 is 5.82 Å². The van der Waals surface area contributed by atoms with Crippen LogP contribution in [0.1, 0.15) is 36.7 Å². The summed E-state index contributed by atoms with van der Waals surface area (Å²) in [6, 6.07) is 8.20. The quantitative estimate of drug-likeness (QED) is 0.622. The summed E-state index contributed by atoms with van der Waals surface area (Å²) < 4.78 is 17.1. The molecule has 1 N–H and O–H groups in total. The fraction of sp³-hybridized carbons (Fsp3) is 0.316. The van der Waals surface area contributed by atoms with E-state index in [0.717, 1.165) is 11.3 Å². The standard InChI is InChI=1S/C19H20FN7OS/c1-11(2)27-19(23-24-25-27)29-10-17(28)22-18-16(9-21)12(3)13(4)26(18)15-7-5-6-14(20)8-15/h5-8,11H,10H2,1-4H3,(H,22,28). The van der Waals surface area contributed by atoms with Crippen LogP contribution in [-0.4, -0.2) is 36.4 Å². The molecule has 1 aromatic carbocycles. The molecule has 10 heteroatoms. The number of halogens is 1. The molecule has 0 saturated heterocycles. The average Bonchev–Trinajstić information content (AvgIpc) is 3.23. The Bertz CT molecular complexity index is 1100. The van der Waals surface area contributed by atoms with Crippen molar-refractivity contribution in [2.24, 2.45) is 0 Å². The van der Waals surface area contributed by atoms with Crippen molar-refractivity contribution in [3.8, 4) is 11.8 Å². The van der Waals surface area contributed by atoms with Gasteiger partial charge in [0.1, 0.15) is 17.7 Å². The second-order valence-electron chi connectivity index (χ2n) is 6.70. The number of carbonyl (C=O) groups excluding carboxylic acids is 1. The lowest BCUT2D eigenvalue weighted by Gasteiger charge is -2.13. The Balaban J connectivity index is 1.88. The molecule has 0 spiro atoms. The lowest BCUT2D eigenvalue weighted by molar-refractivity contribution is -0.113. The van der Waals surface area contributed by atoms with Crippen molar-refractivity contribution in [3.63, 3.8) is 0 Å². The van der Waals surface area contributed by atoms with E-state index in [1.165, 1.54) is 23.9 Å². The maximum Gasteiger partial charge on any atom is 0.236 e. The second kappa shape index (κ2) is 8.45. The van der Waals surface area contributed by atoms with Crippen LogP contribution in [0.25, 0.3) is 5.69 Å². The number of thioether (sulfide) groups is 1. The maximum atomic E-state index is 13.8. The maximum absolute atomic E-state index is 13.8. The molecule has 1 amide bonds. The molecular weight excluding hydrogens is 393 g/mol. The number of hydrogen-bond acceptors (Lipinski definition) is 6. The van der Waals surface area contributed by atoms with Crippen molar-refractivity contribution >= 4 is 23.5 Å². The van der Waals surface area contributed by atoms with E-state index in [1.807, 2.05) is 20.8 Å². The van der Waals surface area contributed by atoms with Gasteiger partial charge in [-0.05, 0) is 61.9 Å². The van der Waals surface area contributed by atoms with Crippen LogP contribution < -0.4 is 5.32 Å². The van der Waals surface area contributed by atoms with E-state index in [1.54, 1.807) is 28.3 Å². The first-order valence-electron chi connectivity index (χ1n) is 8.92. The topological polar surface area (TPSA) is 101 Å². The lowest BCUT2D eigenvalue weighted by atomic mass is 10.2. The van der Waals surface area contributed by atoms with Crippen LogP contribution in [0.5, 0.6) is 0 Å². The van der Waals surface area contributed by atoms with Gasteiger partial charge in [0, 0.05) is 5.69 Å². The molecule has 0 atom stereocenters. The first kappa shape index (κ1) is 20.5. The molecule has 0 saturated carbocycles. The van der Waals surface area contributed by atoms with Crippen LogP contribution in [-0.2, 0) is 4.79 Å². The van der Waals surface area contributed by atoms with Crippen LogP contribution in [0.3, 0.4) is 0 Å². The molecule has 8 nitrogen and oxygen atoms in total.